The Kier molecular flexibility index (Phi) is 5.47. The molecule has 2 heterocycles. The van der Waals surface area contributed by atoms with Crippen molar-refractivity contribution in [2.75, 3.05) is 18.0 Å². The number of carbonyl (C=O) groups is 1. The van der Waals surface area contributed by atoms with Crippen molar-refractivity contribution in [2.45, 2.75) is 57.9 Å². The van der Waals surface area contributed by atoms with Crippen LogP contribution in [-0.2, 0) is 10.9 Å². The summed E-state index contributed by atoms with van der Waals surface area (Å²) in [5.74, 6) is 0.931. The maximum Gasteiger partial charge on any atom is 0.418 e. The van der Waals surface area contributed by atoms with Gasteiger partial charge in [-0.2, -0.15) is 13.2 Å². The minimum absolute atomic E-state index is 0.155. The van der Waals surface area contributed by atoms with Crippen LogP contribution in [0.15, 0.2) is 24.5 Å². The smallest absolute Gasteiger partial charge is 0.418 e. The molecule has 2 aliphatic rings. The first-order chi connectivity index (χ1) is 14.5. The average Bonchev–Trinajstić information content (AvgIpc) is 3.49. The lowest BCUT2D eigenvalue weighted by atomic mass is 9.89. The third kappa shape index (κ3) is 5.02. The third-order valence-corrected chi connectivity index (χ3v) is 5.74. The van der Waals surface area contributed by atoms with Gasteiger partial charge in [-0.25, -0.2) is 4.79 Å². The van der Waals surface area contributed by atoms with E-state index in [0.29, 0.717) is 30.6 Å². The van der Waals surface area contributed by atoms with Crippen molar-refractivity contribution in [3.8, 4) is 0 Å². The van der Waals surface area contributed by atoms with Gasteiger partial charge in [-0.15, -0.1) is 0 Å². The topological polar surface area (TPSA) is 67.3 Å². The van der Waals surface area contributed by atoms with Gasteiger partial charge in [0.1, 0.15) is 16.6 Å². The van der Waals surface area contributed by atoms with Crippen LogP contribution in [0.25, 0.3) is 11.0 Å². The Morgan fingerprint density at radius 3 is 2.35 bits per heavy atom. The second-order valence-electron chi connectivity index (χ2n) is 9.46. The number of carbonyl (C=O) groups excluding carboxylic acids is 1. The second kappa shape index (κ2) is 7.84. The van der Waals surface area contributed by atoms with Gasteiger partial charge in [-0.05, 0) is 64.0 Å². The molecule has 2 fully saturated rings. The number of alkyl carbamates (subject to hydrolysis) is 1. The Labute approximate surface area is 179 Å². The third-order valence-electron chi connectivity index (χ3n) is 5.74. The standard InChI is InChI=1S/C22H27F3N4O2/c1-21(2,3)31-20(30)28-15-10-14(13-4-5-13)11-29(12-15)17-7-6-16(22(23,24)25)18-19(17)27-9-8-26-18/h6-9,13-15H,4-5,10-12H2,1-3H3,(H,28,30). The molecule has 1 aromatic heterocycles. The van der Waals surface area contributed by atoms with Crippen LogP contribution in [0.1, 0.15) is 45.6 Å². The molecule has 1 saturated carbocycles. The summed E-state index contributed by atoms with van der Waals surface area (Å²) in [4.78, 5) is 22.6. The van der Waals surface area contributed by atoms with Crippen molar-refractivity contribution in [1.29, 1.82) is 0 Å². The molecule has 168 valence electrons. The van der Waals surface area contributed by atoms with Gasteiger partial charge in [0.25, 0.3) is 0 Å². The number of amides is 1. The highest BCUT2D eigenvalue weighted by molar-refractivity contribution is 5.91. The van der Waals surface area contributed by atoms with Gasteiger partial charge in [0, 0.05) is 25.5 Å². The van der Waals surface area contributed by atoms with Crippen LogP contribution in [0.4, 0.5) is 23.7 Å². The predicted octanol–water partition coefficient (Wildman–Crippen LogP) is 4.78. The second-order valence-corrected chi connectivity index (χ2v) is 9.46. The summed E-state index contributed by atoms with van der Waals surface area (Å²) in [5.41, 5.74) is -0.716. The zero-order valence-electron chi connectivity index (χ0n) is 17.9. The first kappa shape index (κ1) is 21.6. The largest absolute Gasteiger partial charge is 0.444 e. The Morgan fingerprint density at radius 2 is 1.74 bits per heavy atom. The zero-order chi connectivity index (χ0) is 22.4. The summed E-state index contributed by atoms with van der Waals surface area (Å²) in [6.45, 7) is 6.60. The summed E-state index contributed by atoms with van der Waals surface area (Å²) in [6, 6.07) is 2.38. The van der Waals surface area contributed by atoms with Crippen LogP contribution in [0.2, 0.25) is 0 Å². The molecule has 1 N–H and O–H groups in total. The van der Waals surface area contributed by atoms with Crippen LogP contribution >= 0.6 is 0 Å². The van der Waals surface area contributed by atoms with Crippen molar-refractivity contribution < 1.29 is 22.7 Å². The molecule has 1 saturated heterocycles. The van der Waals surface area contributed by atoms with Crippen molar-refractivity contribution in [3.05, 3.63) is 30.1 Å². The minimum atomic E-state index is -4.51. The highest BCUT2D eigenvalue weighted by Gasteiger charge is 2.40. The van der Waals surface area contributed by atoms with Crippen molar-refractivity contribution in [1.82, 2.24) is 15.3 Å². The molecule has 4 rings (SSSR count). The number of hydrogen-bond acceptors (Lipinski definition) is 5. The normalized spacial score (nSPS) is 22.5. The molecular formula is C22H27F3N4O2. The molecule has 0 bridgehead atoms. The molecular weight excluding hydrogens is 409 g/mol. The Bertz CT molecular complexity index is 969. The van der Waals surface area contributed by atoms with E-state index >= 15 is 0 Å². The van der Waals surface area contributed by atoms with Gasteiger partial charge in [-0.1, -0.05) is 0 Å². The lowest BCUT2D eigenvalue weighted by Crippen LogP contribution is -2.52. The van der Waals surface area contributed by atoms with Crippen LogP contribution in [0.3, 0.4) is 0 Å². The maximum atomic E-state index is 13.5. The summed E-state index contributed by atoms with van der Waals surface area (Å²) >= 11 is 0. The number of anilines is 1. The van der Waals surface area contributed by atoms with Gasteiger partial charge in [-0.3, -0.25) is 9.97 Å². The SMILES string of the molecule is CC(C)(C)OC(=O)NC1CC(C2CC2)CN(c2ccc(C(F)(F)F)c3nccnc23)C1. The highest BCUT2D eigenvalue weighted by Crippen LogP contribution is 2.43. The number of nitrogens with one attached hydrogen (secondary N) is 1. The number of nitrogens with zero attached hydrogens (tertiary/aromatic N) is 3. The van der Waals surface area contributed by atoms with E-state index in [1.165, 1.54) is 18.5 Å². The average molecular weight is 436 g/mol. The van der Waals surface area contributed by atoms with E-state index in [1.807, 2.05) is 4.90 Å². The molecule has 2 aromatic rings. The fourth-order valence-corrected chi connectivity index (χ4v) is 4.35. The maximum absolute atomic E-state index is 13.5. The van der Waals surface area contributed by atoms with Gasteiger partial charge in [0.05, 0.1) is 17.3 Å². The van der Waals surface area contributed by atoms with Gasteiger partial charge >= 0.3 is 12.3 Å². The lowest BCUT2D eigenvalue weighted by molar-refractivity contribution is -0.136. The number of hydrogen-bond donors (Lipinski definition) is 1. The molecule has 2 unspecified atom stereocenters. The van der Waals surface area contributed by atoms with E-state index in [-0.39, 0.29) is 17.1 Å². The van der Waals surface area contributed by atoms with Crippen molar-refractivity contribution in [2.24, 2.45) is 11.8 Å². The quantitative estimate of drug-likeness (QED) is 0.750. The molecule has 0 spiro atoms. The van der Waals surface area contributed by atoms with Gasteiger partial charge < -0.3 is 15.0 Å². The summed E-state index contributed by atoms with van der Waals surface area (Å²) in [6.07, 6.45) is 0.806. The van der Waals surface area contributed by atoms with E-state index in [1.54, 1.807) is 20.8 Å². The van der Waals surface area contributed by atoms with E-state index in [9.17, 15) is 18.0 Å². The highest BCUT2D eigenvalue weighted by atomic mass is 19.4. The molecule has 0 radical (unpaired) electrons. The predicted molar refractivity (Wildman–Crippen MR) is 111 cm³/mol. The molecule has 31 heavy (non-hydrogen) atoms. The molecule has 9 heteroatoms. The van der Waals surface area contributed by atoms with E-state index in [2.05, 4.69) is 15.3 Å². The van der Waals surface area contributed by atoms with Crippen molar-refractivity contribution in [3.63, 3.8) is 0 Å². The van der Waals surface area contributed by atoms with E-state index < -0.39 is 23.4 Å². The first-order valence-electron chi connectivity index (χ1n) is 10.6. The number of aromatic nitrogens is 2. The summed E-state index contributed by atoms with van der Waals surface area (Å²) in [5, 5.41) is 2.95. The first-order valence-corrected chi connectivity index (χ1v) is 10.6. The van der Waals surface area contributed by atoms with Crippen LogP contribution in [-0.4, -0.2) is 40.8 Å². The Morgan fingerprint density at radius 1 is 1.06 bits per heavy atom. The number of fused-ring (bicyclic) bond motifs is 1. The van der Waals surface area contributed by atoms with E-state index in [0.717, 1.165) is 25.3 Å². The van der Waals surface area contributed by atoms with E-state index in [4.69, 9.17) is 4.74 Å². The van der Waals surface area contributed by atoms with Gasteiger partial charge in [0.15, 0.2) is 0 Å². The molecule has 1 aromatic carbocycles. The number of benzene rings is 1. The van der Waals surface area contributed by atoms with Gasteiger partial charge in [0.2, 0.25) is 0 Å². The number of rotatable bonds is 3. The molecule has 6 nitrogen and oxygen atoms in total. The number of piperidine rings is 1. The molecule has 1 aliphatic heterocycles. The Hall–Kier alpha value is -2.58. The number of halogens is 3. The zero-order valence-corrected chi connectivity index (χ0v) is 17.9. The number of alkyl halides is 3. The monoisotopic (exact) mass is 436 g/mol. The molecule has 1 amide bonds. The summed E-state index contributed by atoms with van der Waals surface area (Å²) in [7, 11) is 0. The van der Waals surface area contributed by atoms with Crippen LogP contribution in [0, 0.1) is 11.8 Å². The Balaban J connectivity index is 1.63. The molecule has 1 aliphatic carbocycles. The lowest BCUT2D eigenvalue weighted by Gasteiger charge is -2.40. The van der Waals surface area contributed by atoms with Crippen LogP contribution in [0.5, 0.6) is 0 Å². The minimum Gasteiger partial charge on any atom is -0.444 e. The molecule has 2 atom stereocenters. The number of ether oxygens (including phenoxy) is 1. The summed E-state index contributed by atoms with van der Waals surface area (Å²) < 4.78 is 45.8. The fraction of sp³-hybridized carbons (Fsp3) is 0.591. The van der Waals surface area contributed by atoms with Crippen molar-refractivity contribution >= 4 is 22.8 Å². The fourth-order valence-electron chi connectivity index (χ4n) is 4.35. The van der Waals surface area contributed by atoms with Crippen LogP contribution < -0.4 is 10.2 Å².